The van der Waals surface area contributed by atoms with Gasteiger partial charge in [0.1, 0.15) is 11.4 Å². The van der Waals surface area contributed by atoms with Crippen LogP contribution in [0.3, 0.4) is 0 Å². The zero-order valence-corrected chi connectivity index (χ0v) is 26.0. The van der Waals surface area contributed by atoms with Crippen molar-refractivity contribution in [3.05, 3.63) is 113 Å². The van der Waals surface area contributed by atoms with E-state index in [0.717, 1.165) is 0 Å². The van der Waals surface area contributed by atoms with Gasteiger partial charge in [0.25, 0.3) is 11.8 Å². The molecule has 0 atom stereocenters. The molecule has 46 heavy (non-hydrogen) atoms. The number of hydrogen-bond donors (Lipinski definition) is 4. The number of carboxylic acids is 1. The van der Waals surface area contributed by atoms with Crippen LogP contribution in [0.15, 0.2) is 102 Å². The highest BCUT2D eigenvalue weighted by Crippen LogP contribution is 2.35. The number of hydrogen-bond acceptors (Lipinski definition) is 8. The van der Waals surface area contributed by atoms with Crippen LogP contribution in [0, 0.1) is 0 Å². The fraction of sp³-hybridized carbons (Fsp3) is 0.118. The Balaban J connectivity index is 1.52. The van der Waals surface area contributed by atoms with E-state index in [2.05, 4.69) is 16.0 Å². The summed E-state index contributed by atoms with van der Waals surface area (Å²) >= 11 is 1.24. The highest BCUT2D eigenvalue weighted by molar-refractivity contribution is 8.00. The highest BCUT2D eigenvalue weighted by atomic mass is 32.2. The number of rotatable bonds is 13. The number of carbonyl (C=O) groups excluding carboxylic acids is 3. The number of ether oxygens (including phenoxy) is 3. The smallest absolute Gasteiger partial charge is 0.335 e. The topological polar surface area (TPSA) is 152 Å². The van der Waals surface area contributed by atoms with Crippen LogP contribution in [0.4, 0.5) is 11.4 Å². The second-order valence-electron chi connectivity index (χ2n) is 9.53. The number of benzene rings is 4. The van der Waals surface area contributed by atoms with Gasteiger partial charge in [-0.25, -0.2) is 4.79 Å². The van der Waals surface area contributed by atoms with Crippen LogP contribution in [0.1, 0.15) is 26.3 Å². The SMILES string of the molecule is COc1cc(OC)c(OC)cc1/C=C(/NC(=O)c1ccccc1)C(=O)Nc1cccc(SCC(=O)Nc2ccc(C(=O)O)cc2)c1. The van der Waals surface area contributed by atoms with E-state index in [0.29, 0.717) is 44.6 Å². The van der Waals surface area contributed by atoms with Crippen LogP contribution in [0.25, 0.3) is 6.08 Å². The first-order valence-electron chi connectivity index (χ1n) is 13.8. The van der Waals surface area contributed by atoms with E-state index in [4.69, 9.17) is 19.3 Å². The van der Waals surface area contributed by atoms with E-state index in [1.165, 1.54) is 63.4 Å². The maximum Gasteiger partial charge on any atom is 0.335 e. The fourth-order valence-corrected chi connectivity index (χ4v) is 4.92. The summed E-state index contributed by atoms with van der Waals surface area (Å²) in [6, 6.07) is 24.4. The van der Waals surface area contributed by atoms with Crippen LogP contribution in [0.5, 0.6) is 17.2 Å². The predicted octanol–water partition coefficient (Wildman–Crippen LogP) is 5.55. The number of aromatic carboxylic acids is 1. The zero-order chi connectivity index (χ0) is 33.1. The number of amides is 3. The summed E-state index contributed by atoms with van der Waals surface area (Å²) in [5.41, 5.74) is 1.76. The average molecular weight is 642 g/mol. The van der Waals surface area contributed by atoms with Crippen molar-refractivity contribution in [2.24, 2.45) is 0 Å². The zero-order valence-electron chi connectivity index (χ0n) is 25.2. The molecule has 12 heteroatoms. The molecule has 4 aromatic rings. The first-order valence-corrected chi connectivity index (χ1v) is 14.7. The Morgan fingerprint density at radius 3 is 2.04 bits per heavy atom. The molecule has 0 heterocycles. The quantitative estimate of drug-likeness (QED) is 0.109. The Morgan fingerprint density at radius 2 is 1.39 bits per heavy atom. The van der Waals surface area contributed by atoms with Gasteiger partial charge in [-0.2, -0.15) is 0 Å². The van der Waals surface area contributed by atoms with Crippen molar-refractivity contribution >= 4 is 52.9 Å². The van der Waals surface area contributed by atoms with Crippen molar-refractivity contribution in [3.63, 3.8) is 0 Å². The van der Waals surface area contributed by atoms with Gasteiger partial charge >= 0.3 is 5.97 Å². The van der Waals surface area contributed by atoms with Gasteiger partial charge in [-0.1, -0.05) is 24.3 Å². The van der Waals surface area contributed by atoms with Crippen LogP contribution in [-0.4, -0.2) is 55.9 Å². The maximum atomic E-state index is 13.6. The standard InChI is InChI=1S/C34H31N3O8S/c1-43-28-19-30(45-3)29(44-2)17-23(28)16-27(37-32(39)21-8-5-4-6-9-21)33(40)36-25-10-7-11-26(18-25)46-20-31(38)35-24-14-12-22(13-15-24)34(41)42/h4-19H,20H2,1-3H3,(H,35,38)(H,36,40)(H,37,39)(H,41,42)/b27-16+. The molecule has 0 aliphatic carbocycles. The van der Waals surface area contributed by atoms with E-state index in [1.807, 2.05) is 0 Å². The van der Waals surface area contributed by atoms with Crippen molar-refractivity contribution < 1.29 is 38.5 Å². The summed E-state index contributed by atoms with van der Waals surface area (Å²) in [6.45, 7) is 0. The third-order valence-electron chi connectivity index (χ3n) is 6.44. The molecule has 0 fully saturated rings. The Hall–Kier alpha value is -5.75. The van der Waals surface area contributed by atoms with Gasteiger partial charge in [0.05, 0.1) is 32.6 Å². The number of anilines is 2. The molecule has 0 aromatic heterocycles. The summed E-state index contributed by atoms with van der Waals surface area (Å²) in [6.07, 6.45) is 1.48. The van der Waals surface area contributed by atoms with E-state index >= 15 is 0 Å². The molecule has 0 saturated heterocycles. The van der Waals surface area contributed by atoms with Gasteiger partial charge in [0, 0.05) is 33.5 Å². The molecule has 4 N–H and O–H groups in total. The molecule has 0 aliphatic heterocycles. The van der Waals surface area contributed by atoms with Gasteiger partial charge in [-0.15, -0.1) is 11.8 Å². The van der Waals surface area contributed by atoms with Gasteiger partial charge in [-0.3, -0.25) is 14.4 Å². The van der Waals surface area contributed by atoms with Gasteiger partial charge < -0.3 is 35.3 Å². The van der Waals surface area contributed by atoms with E-state index < -0.39 is 17.8 Å². The number of carbonyl (C=O) groups is 4. The first-order chi connectivity index (χ1) is 22.2. The maximum absolute atomic E-state index is 13.6. The molecule has 0 aliphatic rings. The van der Waals surface area contributed by atoms with Crippen LogP contribution in [-0.2, 0) is 9.59 Å². The number of nitrogens with one attached hydrogen (secondary N) is 3. The van der Waals surface area contributed by atoms with Gasteiger partial charge in [0.15, 0.2) is 11.5 Å². The number of carboxylic acid groups (broad SMARTS) is 1. The molecular formula is C34H31N3O8S. The van der Waals surface area contributed by atoms with E-state index in [-0.39, 0.29) is 22.9 Å². The lowest BCUT2D eigenvalue weighted by Crippen LogP contribution is -2.30. The molecule has 11 nitrogen and oxygen atoms in total. The third-order valence-corrected chi connectivity index (χ3v) is 7.44. The summed E-state index contributed by atoms with van der Waals surface area (Å²) in [7, 11) is 4.45. The van der Waals surface area contributed by atoms with Crippen LogP contribution < -0.4 is 30.2 Å². The summed E-state index contributed by atoms with van der Waals surface area (Å²) in [5.74, 6) is -1.17. The minimum Gasteiger partial charge on any atom is -0.496 e. The Morgan fingerprint density at radius 1 is 0.717 bits per heavy atom. The van der Waals surface area contributed by atoms with Crippen molar-refractivity contribution in [1.82, 2.24) is 5.32 Å². The van der Waals surface area contributed by atoms with Crippen LogP contribution in [0.2, 0.25) is 0 Å². The number of methoxy groups -OCH3 is 3. The largest absolute Gasteiger partial charge is 0.496 e. The molecule has 4 rings (SSSR count). The molecule has 0 radical (unpaired) electrons. The first kappa shape index (κ1) is 33.1. The molecule has 0 unspecified atom stereocenters. The summed E-state index contributed by atoms with van der Waals surface area (Å²) in [5, 5.41) is 17.3. The molecule has 4 aromatic carbocycles. The monoisotopic (exact) mass is 641 g/mol. The van der Waals surface area contributed by atoms with Gasteiger partial charge in [0.2, 0.25) is 5.91 Å². The molecule has 3 amide bonds. The highest BCUT2D eigenvalue weighted by Gasteiger charge is 2.18. The predicted molar refractivity (Wildman–Crippen MR) is 176 cm³/mol. The molecule has 236 valence electrons. The average Bonchev–Trinajstić information content (AvgIpc) is 3.07. The van der Waals surface area contributed by atoms with Crippen molar-refractivity contribution in [2.45, 2.75) is 4.90 Å². The van der Waals surface area contributed by atoms with Crippen molar-refractivity contribution in [2.75, 3.05) is 37.7 Å². The molecular weight excluding hydrogens is 610 g/mol. The minimum absolute atomic E-state index is 0.0641. The normalized spacial score (nSPS) is 10.8. The summed E-state index contributed by atoms with van der Waals surface area (Å²) in [4.78, 5) is 50.9. The van der Waals surface area contributed by atoms with E-state index in [9.17, 15) is 19.2 Å². The Kier molecular flexibility index (Phi) is 11.4. The third kappa shape index (κ3) is 8.89. The lowest BCUT2D eigenvalue weighted by molar-refractivity contribution is -0.114. The second kappa shape index (κ2) is 15.8. The number of thioether (sulfide) groups is 1. The van der Waals surface area contributed by atoms with E-state index in [1.54, 1.807) is 66.7 Å². The molecule has 0 spiro atoms. The fourth-order valence-electron chi connectivity index (χ4n) is 4.17. The lowest BCUT2D eigenvalue weighted by Gasteiger charge is -2.15. The molecule has 0 saturated carbocycles. The van der Waals surface area contributed by atoms with Crippen molar-refractivity contribution in [1.29, 1.82) is 0 Å². The van der Waals surface area contributed by atoms with Gasteiger partial charge in [-0.05, 0) is 66.7 Å². The Labute approximate surface area is 269 Å². The Bertz CT molecular complexity index is 1760. The summed E-state index contributed by atoms with van der Waals surface area (Å²) < 4.78 is 16.3. The second-order valence-corrected chi connectivity index (χ2v) is 10.6. The minimum atomic E-state index is -1.05. The molecule has 0 bridgehead atoms. The van der Waals surface area contributed by atoms with Crippen LogP contribution >= 0.6 is 11.8 Å². The lowest BCUT2D eigenvalue weighted by atomic mass is 10.1. The van der Waals surface area contributed by atoms with Crippen molar-refractivity contribution in [3.8, 4) is 17.2 Å².